The maximum absolute atomic E-state index is 11.3. The lowest BCUT2D eigenvalue weighted by Gasteiger charge is -2.41. The lowest BCUT2D eigenvalue weighted by Crippen LogP contribution is -2.53. The maximum Gasteiger partial charge on any atom is 0.337 e. The molecule has 2 atom stereocenters. The summed E-state index contributed by atoms with van der Waals surface area (Å²) in [5.41, 5.74) is 4.37. The van der Waals surface area contributed by atoms with Crippen molar-refractivity contribution in [1.29, 1.82) is 0 Å². The fourth-order valence-electron chi connectivity index (χ4n) is 5.39. The van der Waals surface area contributed by atoms with E-state index in [1.54, 1.807) is 6.07 Å². The Morgan fingerprint density at radius 1 is 1.00 bits per heavy atom. The maximum atomic E-state index is 11.3. The van der Waals surface area contributed by atoms with Crippen LogP contribution in [-0.4, -0.2) is 64.3 Å². The van der Waals surface area contributed by atoms with Crippen LogP contribution < -0.4 is 14.7 Å². The van der Waals surface area contributed by atoms with E-state index in [-0.39, 0.29) is 11.6 Å². The molecular formula is C28H34N6O2. The molecule has 0 radical (unpaired) electrons. The van der Waals surface area contributed by atoms with E-state index in [1.807, 2.05) is 6.92 Å². The van der Waals surface area contributed by atoms with Crippen LogP contribution >= 0.6 is 0 Å². The van der Waals surface area contributed by atoms with Crippen molar-refractivity contribution in [2.45, 2.75) is 52.6 Å². The van der Waals surface area contributed by atoms with Gasteiger partial charge in [0.2, 0.25) is 5.95 Å². The number of aromatic carboxylic acids is 1. The minimum atomic E-state index is -0.952. The van der Waals surface area contributed by atoms with Gasteiger partial charge in [-0.3, -0.25) is 0 Å². The molecule has 8 nitrogen and oxygen atoms in total. The Balaban J connectivity index is 1.45. The van der Waals surface area contributed by atoms with Crippen molar-refractivity contribution in [3.05, 3.63) is 59.3 Å². The quantitative estimate of drug-likeness (QED) is 0.562. The summed E-state index contributed by atoms with van der Waals surface area (Å²) in [5.74, 6) is 1.66. The number of carbonyl (C=O) groups is 1. The van der Waals surface area contributed by atoms with Gasteiger partial charge in [-0.25, -0.2) is 14.8 Å². The Morgan fingerprint density at radius 2 is 1.83 bits per heavy atom. The molecule has 188 valence electrons. The van der Waals surface area contributed by atoms with Crippen molar-refractivity contribution in [3.8, 4) is 11.3 Å². The number of anilines is 3. The van der Waals surface area contributed by atoms with Gasteiger partial charge in [-0.05, 0) is 58.2 Å². The zero-order valence-corrected chi connectivity index (χ0v) is 21.5. The fourth-order valence-corrected chi connectivity index (χ4v) is 5.39. The van der Waals surface area contributed by atoms with E-state index in [4.69, 9.17) is 9.97 Å². The summed E-state index contributed by atoms with van der Waals surface area (Å²) in [6.07, 6.45) is 3.77. The number of aryl methyl sites for hydroxylation is 2. The SMILES string of the molecule is Cc1cccc(-c2cc(N3CCN(c4ncc(C(=O)O)cc4C)C[C@H]3C)nc(N3CCCC3C)n2)c1. The van der Waals surface area contributed by atoms with Gasteiger partial charge in [0.15, 0.2) is 0 Å². The molecule has 2 aromatic heterocycles. The number of carboxylic acids is 1. The fraction of sp³-hybridized carbons (Fsp3) is 0.429. The molecule has 1 aromatic carbocycles. The van der Waals surface area contributed by atoms with Gasteiger partial charge in [0.1, 0.15) is 11.6 Å². The zero-order chi connectivity index (χ0) is 25.4. The van der Waals surface area contributed by atoms with Gasteiger partial charge in [-0.2, -0.15) is 4.98 Å². The molecule has 0 spiro atoms. The van der Waals surface area contributed by atoms with Crippen molar-refractivity contribution in [2.24, 2.45) is 0 Å². The summed E-state index contributed by atoms with van der Waals surface area (Å²) < 4.78 is 0. The minimum Gasteiger partial charge on any atom is -0.478 e. The average Bonchev–Trinajstić information content (AvgIpc) is 3.29. The van der Waals surface area contributed by atoms with Crippen LogP contribution in [0.2, 0.25) is 0 Å². The van der Waals surface area contributed by atoms with Crippen LogP contribution in [0.3, 0.4) is 0 Å². The third-order valence-electron chi connectivity index (χ3n) is 7.34. The molecule has 0 bridgehead atoms. The number of aromatic nitrogens is 3. The summed E-state index contributed by atoms with van der Waals surface area (Å²) in [6.45, 7) is 11.8. The molecule has 1 unspecified atom stereocenters. The smallest absolute Gasteiger partial charge is 0.337 e. The van der Waals surface area contributed by atoms with Gasteiger partial charge < -0.3 is 19.8 Å². The van der Waals surface area contributed by atoms with Crippen LogP contribution in [0.4, 0.5) is 17.6 Å². The van der Waals surface area contributed by atoms with Gasteiger partial charge in [0, 0.05) is 56.1 Å². The second-order valence-electron chi connectivity index (χ2n) is 10.1. The molecule has 8 heteroatoms. The van der Waals surface area contributed by atoms with Gasteiger partial charge >= 0.3 is 5.97 Å². The highest BCUT2D eigenvalue weighted by Crippen LogP contribution is 2.31. The molecule has 0 saturated carbocycles. The Morgan fingerprint density at radius 3 is 2.50 bits per heavy atom. The molecule has 0 aliphatic carbocycles. The summed E-state index contributed by atoms with van der Waals surface area (Å²) in [6, 6.07) is 12.9. The van der Waals surface area contributed by atoms with E-state index in [9.17, 15) is 9.90 Å². The number of piperazine rings is 1. The molecule has 4 heterocycles. The van der Waals surface area contributed by atoms with Crippen molar-refractivity contribution in [3.63, 3.8) is 0 Å². The standard InChI is InChI=1S/C28H34N6O2/c1-18-7-5-9-22(13-18)24-15-25(31-28(30-24)34-10-6-8-20(34)3)33-12-11-32(17-21(33)4)26-19(2)14-23(16-29-26)27(35)36/h5,7,9,13-16,20-21H,6,8,10-12,17H2,1-4H3,(H,35,36)/t20?,21-/m1/s1. The van der Waals surface area contributed by atoms with E-state index in [2.05, 4.69) is 70.8 Å². The van der Waals surface area contributed by atoms with E-state index in [0.717, 1.165) is 73.4 Å². The number of pyridine rings is 1. The third-order valence-corrected chi connectivity index (χ3v) is 7.34. The highest BCUT2D eigenvalue weighted by atomic mass is 16.4. The van der Waals surface area contributed by atoms with E-state index in [0.29, 0.717) is 6.04 Å². The molecule has 5 rings (SSSR count). The first-order chi connectivity index (χ1) is 17.3. The molecule has 2 saturated heterocycles. The number of rotatable bonds is 5. The van der Waals surface area contributed by atoms with Crippen molar-refractivity contribution < 1.29 is 9.90 Å². The van der Waals surface area contributed by atoms with Crippen molar-refractivity contribution in [2.75, 3.05) is 40.9 Å². The Kier molecular flexibility index (Phi) is 6.51. The van der Waals surface area contributed by atoms with Crippen LogP contribution in [0.5, 0.6) is 0 Å². The number of hydrogen-bond donors (Lipinski definition) is 1. The molecule has 1 N–H and O–H groups in total. The Bertz CT molecular complexity index is 1280. The van der Waals surface area contributed by atoms with Crippen molar-refractivity contribution in [1.82, 2.24) is 15.0 Å². The second kappa shape index (κ2) is 9.76. The lowest BCUT2D eigenvalue weighted by atomic mass is 10.1. The number of hydrogen-bond acceptors (Lipinski definition) is 7. The first-order valence-electron chi connectivity index (χ1n) is 12.7. The van der Waals surface area contributed by atoms with Gasteiger partial charge in [-0.1, -0.05) is 23.8 Å². The third kappa shape index (κ3) is 4.72. The predicted molar refractivity (Wildman–Crippen MR) is 143 cm³/mol. The molecule has 2 fully saturated rings. The molecule has 2 aliphatic rings. The van der Waals surface area contributed by atoms with Crippen LogP contribution in [-0.2, 0) is 0 Å². The van der Waals surface area contributed by atoms with E-state index in [1.165, 1.54) is 11.8 Å². The minimum absolute atomic E-state index is 0.197. The van der Waals surface area contributed by atoms with Crippen LogP contribution in [0.1, 0.15) is 48.2 Å². The lowest BCUT2D eigenvalue weighted by molar-refractivity contribution is 0.0696. The predicted octanol–water partition coefficient (Wildman–Crippen LogP) is 4.56. The van der Waals surface area contributed by atoms with Crippen LogP contribution in [0, 0.1) is 13.8 Å². The largest absolute Gasteiger partial charge is 0.478 e. The first-order valence-corrected chi connectivity index (χ1v) is 12.7. The van der Waals surface area contributed by atoms with Crippen LogP contribution in [0.25, 0.3) is 11.3 Å². The topological polar surface area (TPSA) is 85.7 Å². The van der Waals surface area contributed by atoms with Gasteiger partial charge in [0.25, 0.3) is 0 Å². The molecular weight excluding hydrogens is 452 g/mol. The van der Waals surface area contributed by atoms with E-state index < -0.39 is 5.97 Å². The Labute approximate surface area is 212 Å². The molecule has 0 amide bonds. The number of nitrogens with zero attached hydrogens (tertiary/aromatic N) is 6. The second-order valence-corrected chi connectivity index (χ2v) is 10.1. The summed E-state index contributed by atoms with van der Waals surface area (Å²) >= 11 is 0. The van der Waals surface area contributed by atoms with Gasteiger partial charge in [0.05, 0.1) is 11.3 Å². The summed E-state index contributed by atoms with van der Waals surface area (Å²) in [4.78, 5) is 32.8. The highest BCUT2D eigenvalue weighted by Gasteiger charge is 2.29. The van der Waals surface area contributed by atoms with Gasteiger partial charge in [-0.15, -0.1) is 0 Å². The summed E-state index contributed by atoms with van der Waals surface area (Å²) in [7, 11) is 0. The summed E-state index contributed by atoms with van der Waals surface area (Å²) in [5, 5.41) is 9.27. The highest BCUT2D eigenvalue weighted by molar-refractivity contribution is 5.87. The number of benzene rings is 1. The normalized spacial score (nSPS) is 20.2. The molecule has 2 aliphatic heterocycles. The monoisotopic (exact) mass is 486 g/mol. The average molecular weight is 487 g/mol. The zero-order valence-electron chi connectivity index (χ0n) is 21.5. The van der Waals surface area contributed by atoms with Crippen LogP contribution in [0.15, 0.2) is 42.6 Å². The Hall–Kier alpha value is -3.68. The first kappa shape index (κ1) is 24.0. The van der Waals surface area contributed by atoms with Crippen molar-refractivity contribution >= 4 is 23.6 Å². The van der Waals surface area contributed by atoms with E-state index >= 15 is 0 Å². The molecule has 36 heavy (non-hydrogen) atoms. The number of carboxylic acid groups (broad SMARTS) is 1. The molecule has 3 aromatic rings.